The lowest BCUT2D eigenvalue weighted by molar-refractivity contribution is -0.131. The minimum atomic E-state index is -0.577. The van der Waals surface area contributed by atoms with E-state index >= 15 is 0 Å². The predicted octanol–water partition coefficient (Wildman–Crippen LogP) is 3.40. The van der Waals surface area contributed by atoms with Crippen LogP contribution in [0.1, 0.15) is 21.5 Å². The summed E-state index contributed by atoms with van der Waals surface area (Å²) in [6.45, 7) is 3.69. The second-order valence-electron chi connectivity index (χ2n) is 6.85. The highest BCUT2D eigenvalue weighted by Gasteiger charge is 2.22. The molecule has 0 bridgehead atoms. The van der Waals surface area contributed by atoms with Crippen molar-refractivity contribution in [2.24, 2.45) is 0 Å². The normalized spacial score (nSPS) is 10.6. The van der Waals surface area contributed by atoms with E-state index < -0.39 is 5.97 Å². The molecular weight excluding hydrogens is 354 g/mol. The van der Waals surface area contributed by atoms with Gasteiger partial charge in [-0.15, -0.1) is 0 Å². The summed E-state index contributed by atoms with van der Waals surface area (Å²) < 4.78 is 6.89. The number of amides is 1. The SMILES string of the molecule is Cc1ccc(-c2nn(-c3ccccc3)cc2C(=O)OCC(=O)N(C)C)c(C)c1. The number of hydrogen-bond donors (Lipinski definition) is 0. The summed E-state index contributed by atoms with van der Waals surface area (Å²) in [5.74, 6) is -0.857. The van der Waals surface area contributed by atoms with Crippen LogP contribution >= 0.6 is 0 Å². The van der Waals surface area contributed by atoms with Crippen LogP contribution in [0.4, 0.5) is 0 Å². The zero-order valence-corrected chi connectivity index (χ0v) is 16.5. The van der Waals surface area contributed by atoms with Crippen LogP contribution in [0.5, 0.6) is 0 Å². The van der Waals surface area contributed by atoms with Crippen LogP contribution in [0.2, 0.25) is 0 Å². The molecular formula is C22H23N3O3. The molecule has 28 heavy (non-hydrogen) atoms. The van der Waals surface area contributed by atoms with Gasteiger partial charge in [-0.3, -0.25) is 4.79 Å². The standard InChI is InChI=1S/C22H23N3O3/c1-15-10-11-18(16(2)12-15)21-19(22(27)28-14-20(26)24(3)4)13-25(23-21)17-8-6-5-7-9-17/h5-13H,14H2,1-4H3. The van der Waals surface area contributed by atoms with Crippen LogP contribution in [0.25, 0.3) is 16.9 Å². The number of esters is 1. The van der Waals surface area contributed by atoms with Crippen molar-refractivity contribution < 1.29 is 14.3 Å². The van der Waals surface area contributed by atoms with E-state index in [1.807, 2.05) is 62.4 Å². The van der Waals surface area contributed by atoms with Gasteiger partial charge >= 0.3 is 5.97 Å². The highest BCUT2D eigenvalue weighted by molar-refractivity contribution is 5.97. The monoisotopic (exact) mass is 377 g/mol. The van der Waals surface area contributed by atoms with Crippen LogP contribution < -0.4 is 0 Å². The molecule has 0 saturated carbocycles. The predicted molar refractivity (Wildman–Crippen MR) is 107 cm³/mol. The van der Waals surface area contributed by atoms with Gasteiger partial charge in [0.2, 0.25) is 0 Å². The van der Waals surface area contributed by atoms with Gasteiger partial charge in [-0.25, -0.2) is 9.48 Å². The number of rotatable bonds is 5. The highest BCUT2D eigenvalue weighted by atomic mass is 16.5. The van der Waals surface area contributed by atoms with Gasteiger partial charge in [-0.1, -0.05) is 42.0 Å². The van der Waals surface area contributed by atoms with Gasteiger partial charge in [0.05, 0.1) is 5.69 Å². The second kappa shape index (κ2) is 8.08. The van der Waals surface area contributed by atoms with Crippen molar-refractivity contribution >= 4 is 11.9 Å². The summed E-state index contributed by atoms with van der Waals surface area (Å²) in [7, 11) is 3.23. The van der Waals surface area contributed by atoms with Crippen molar-refractivity contribution in [2.45, 2.75) is 13.8 Å². The van der Waals surface area contributed by atoms with E-state index in [1.165, 1.54) is 4.90 Å². The van der Waals surface area contributed by atoms with Crippen LogP contribution in [0.15, 0.2) is 54.7 Å². The molecule has 3 aromatic rings. The maximum Gasteiger partial charge on any atom is 0.342 e. The summed E-state index contributed by atoms with van der Waals surface area (Å²) in [6, 6.07) is 15.5. The zero-order chi connectivity index (χ0) is 20.3. The number of benzene rings is 2. The van der Waals surface area contributed by atoms with E-state index in [1.54, 1.807) is 25.0 Å². The van der Waals surface area contributed by atoms with Crippen LogP contribution in [0, 0.1) is 13.8 Å². The molecule has 144 valence electrons. The summed E-state index contributed by atoms with van der Waals surface area (Å²) in [6.07, 6.45) is 1.65. The summed E-state index contributed by atoms with van der Waals surface area (Å²) >= 11 is 0. The average molecular weight is 377 g/mol. The molecule has 6 heteroatoms. The van der Waals surface area contributed by atoms with Crippen molar-refractivity contribution in [1.29, 1.82) is 0 Å². The molecule has 2 aromatic carbocycles. The fourth-order valence-corrected chi connectivity index (χ4v) is 2.85. The number of hydrogen-bond acceptors (Lipinski definition) is 4. The van der Waals surface area contributed by atoms with Gasteiger partial charge in [0.15, 0.2) is 6.61 Å². The van der Waals surface area contributed by atoms with Crippen LogP contribution in [0.3, 0.4) is 0 Å². The van der Waals surface area contributed by atoms with Crippen molar-refractivity contribution in [3.8, 4) is 16.9 Å². The number of carbonyl (C=O) groups excluding carboxylic acids is 2. The second-order valence-corrected chi connectivity index (χ2v) is 6.85. The molecule has 0 saturated heterocycles. The first-order valence-electron chi connectivity index (χ1n) is 8.97. The van der Waals surface area contributed by atoms with E-state index in [-0.39, 0.29) is 12.5 Å². The lowest BCUT2D eigenvalue weighted by Crippen LogP contribution is -2.27. The molecule has 1 aromatic heterocycles. The molecule has 0 spiro atoms. The van der Waals surface area contributed by atoms with E-state index in [0.717, 1.165) is 22.4 Å². The van der Waals surface area contributed by atoms with Crippen LogP contribution in [-0.4, -0.2) is 47.3 Å². The Balaban J connectivity index is 2.02. The van der Waals surface area contributed by atoms with Crippen molar-refractivity contribution in [1.82, 2.24) is 14.7 Å². The third kappa shape index (κ3) is 4.11. The maximum atomic E-state index is 12.7. The Morgan fingerprint density at radius 1 is 1.07 bits per heavy atom. The van der Waals surface area contributed by atoms with Crippen LogP contribution in [-0.2, 0) is 9.53 Å². The maximum absolute atomic E-state index is 12.7. The molecule has 0 aliphatic carbocycles. The minimum Gasteiger partial charge on any atom is -0.452 e. The van der Waals surface area contributed by atoms with E-state index in [0.29, 0.717) is 11.3 Å². The molecule has 0 aliphatic rings. The Labute approximate surface area is 164 Å². The topological polar surface area (TPSA) is 64.4 Å². The van der Waals surface area contributed by atoms with E-state index in [2.05, 4.69) is 5.10 Å². The molecule has 1 amide bonds. The lowest BCUT2D eigenvalue weighted by atomic mass is 10.0. The third-order valence-electron chi connectivity index (χ3n) is 4.42. The molecule has 0 aliphatic heterocycles. The van der Waals surface area contributed by atoms with Crippen molar-refractivity contribution in [3.63, 3.8) is 0 Å². The van der Waals surface area contributed by atoms with Crippen molar-refractivity contribution in [2.75, 3.05) is 20.7 Å². The number of para-hydroxylation sites is 1. The fraction of sp³-hybridized carbons (Fsp3) is 0.227. The number of carbonyl (C=O) groups is 2. The Kier molecular flexibility index (Phi) is 5.59. The van der Waals surface area contributed by atoms with Gasteiger partial charge in [0.1, 0.15) is 11.3 Å². The molecule has 0 N–H and O–H groups in total. The first kappa shape index (κ1) is 19.4. The quantitative estimate of drug-likeness (QED) is 0.639. The molecule has 0 fully saturated rings. The first-order valence-corrected chi connectivity index (χ1v) is 8.97. The molecule has 0 unspecified atom stereocenters. The smallest absolute Gasteiger partial charge is 0.342 e. The first-order chi connectivity index (χ1) is 13.4. The molecule has 0 radical (unpaired) electrons. The Morgan fingerprint density at radius 2 is 1.79 bits per heavy atom. The Hall–Kier alpha value is -3.41. The fourth-order valence-electron chi connectivity index (χ4n) is 2.85. The Morgan fingerprint density at radius 3 is 2.43 bits per heavy atom. The van der Waals surface area contributed by atoms with Gasteiger partial charge in [-0.05, 0) is 31.5 Å². The molecule has 0 atom stereocenters. The summed E-state index contributed by atoms with van der Waals surface area (Å²) in [4.78, 5) is 25.9. The Bertz CT molecular complexity index is 1010. The number of aromatic nitrogens is 2. The van der Waals surface area contributed by atoms with Gasteiger partial charge in [-0.2, -0.15) is 5.10 Å². The molecule has 3 rings (SSSR count). The minimum absolute atomic E-state index is 0.281. The van der Waals surface area contributed by atoms with E-state index in [9.17, 15) is 9.59 Å². The van der Waals surface area contributed by atoms with Crippen molar-refractivity contribution in [3.05, 3.63) is 71.4 Å². The number of ether oxygens (including phenoxy) is 1. The average Bonchev–Trinajstić information content (AvgIpc) is 3.11. The van der Waals surface area contributed by atoms with Gasteiger partial charge < -0.3 is 9.64 Å². The highest BCUT2D eigenvalue weighted by Crippen LogP contribution is 2.28. The summed E-state index contributed by atoms with van der Waals surface area (Å²) in [5.41, 5.74) is 4.68. The lowest BCUT2D eigenvalue weighted by Gasteiger charge is -2.10. The number of likely N-dealkylation sites (N-methyl/N-ethyl adjacent to an activating group) is 1. The molecule has 6 nitrogen and oxygen atoms in total. The largest absolute Gasteiger partial charge is 0.452 e. The third-order valence-corrected chi connectivity index (χ3v) is 4.42. The zero-order valence-electron chi connectivity index (χ0n) is 16.5. The van der Waals surface area contributed by atoms with Gasteiger partial charge in [0, 0.05) is 25.9 Å². The number of nitrogens with zero attached hydrogens (tertiary/aromatic N) is 3. The van der Waals surface area contributed by atoms with Gasteiger partial charge in [0.25, 0.3) is 5.91 Å². The summed E-state index contributed by atoms with van der Waals surface area (Å²) in [5, 5.41) is 4.64. The van der Waals surface area contributed by atoms with E-state index in [4.69, 9.17) is 4.74 Å². The number of aryl methyl sites for hydroxylation is 2. The molecule has 1 heterocycles.